The lowest BCUT2D eigenvalue weighted by Gasteiger charge is -2.31. The van der Waals surface area contributed by atoms with Gasteiger partial charge in [-0.2, -0.15) is 0 Å². The van der Waals surface area contributed by atoms with Crippen molar-refractivity contribution in [3.63, 3.8) is 0 Å². The number of aromatic nitrogens is 2. The molecule has 0 saturated carbocycles. The molecule has 4 heterocycles. The third-order valence-electron chi connectivity index (χ3n) is 5.61. The van der Waals surface area contributed by atoms with Crippen LogP contribution in [0.1, 0.15) is 18.4 Å². The number of nitrogens with zero attached hydrogens (tertiary/aromatic N) is 3. The van der Waals surface area contributed by atoms with Gasteiger partial charge >= 0.3 is 0 Å². The average Bonchev–Trinajstić information content (AvgIpc) is 3.33. The number of pyridine rings is 1. The lowest BCUT2D eigenvalue weighted by atomic mass is 10.1. The molecule has 2 aliphatic rings. The Morgan fingerprint density at radius 2 is 2.00 bits per heavy atom. The van der Waals surface area contributed by atoms with E-state index in [4.69, 9.17) is 10.5 Å². The fraction of sp³-hybridized carbons (Fsp3) is 0.350. The lowest BCUT2D eigenvalue weighted by Crippen LogP contribution is -2.39. The van der Waals surface area contributed by atoms with E-state index in [1.54, 1.807) is 36.7 Å². The van der Waals surface area contributed by atoms with E-state index in [9.17, 15) is 8.42 Å². The van der Waals surface area contributed by atoms with Crippen molar-refractivity contribution in [2.75, 3.05) is 24.6 Å². The molecule has 1 aromatic carbocycles. The number of nitrogens with two attached hydrogens (primary N) is 1. The van der Waals surface area contributed by atoms with Crippen LogP contribution < -0.4 is 15.4 Å². The van der Waals surface area contributed by atoms with E-state index in [1.165, 1.54) is 3.97 Å². The molecule has 146 valence electrons. The van der Waals surface area contributed by atoms with Crippen molar-refractivity contribution in [2.45, 2.75) is 30.2 Å². The predicted molar refractivity (Wildman–Crippen MR) is 107 cm³/mol. The van der Waals surface area contributed by atoms with E-state index in [-0.39, 0.29) is 10.9 Å². The first-order chi connectivity index (χ1) is 13.5. The van der Waals surface area contributed by atoms with E-state index in [0.717, 1.165) is 43.6 Å². The summed E-state index contributed by atoms with van der Waals surface area (Å²) in [6, 6.07) is 8.88. The Balaban J connectivity index is 1.62. The van der Waals surface area contributed by atoms with Crippen molar-refractivity contribution in [3.05, 3.63) is 48.3 Å². The quantitative estimate of drug-likeness (QED) is 0.727. The van der Waals surface area contributed by atoms with Gasteiger partial charge in [0.2, 0.25) is 0 Å². The van der Waals surface area contributed by atoms with Crippen molar-refractivity contribution in [2.24, 2.45) is 5.73 Å². The number of hydrogen-bond acceptors (Lipinski definition) is 6. The van der Waals surface area contributed by atoms with Crippen LogP contribution in [0.2, 0.25) is 0 Å². The van der Waals surface area contributed by atoms with Crippen LogP contribution in [-0.4, -0.2) is 43.1 Å². The van der Waals surface area contributed by atoms with Crippen molar-refractivity contribution in [3.8, 4) is 5.75 Å². The first-order valence-electron chi connectivity index (χ1n) is 9.52. The summed E-state index contributed by atoms with van der Waals surface area (Å²) in [7, 11) is -3.77. The van der Waals surface area contributed by atoms with Gasteiger partial charge in [0.15, 0.2) is 0 Å². The molecule has 28 heavy (non-hydrogen) atoms. The molecule has 1 fully saturated rings. The first kappa shape index (κ1) is 17.5. The van der Waals surface area contributed by atoms with E-state index >= 15 is 0 Å². The van der Waals surface area contributed by atoms with E-state index in [1.807, 2.05) is 6.07 Å². The van der Waals surface area contributed by atoms with Crippen molar-refractivity contribution >= 4 is 26.7 Å². The molecule has 3 aromatic rings. The fourth-order valence-corrected chi connectivity index (χ4v) is 5.37. The third-order valence-corrected chi connectivity index (χ3v) is 7.28. The Bertz CT molecular complexity index is 1150. The Labute approximate surface area is 163 Å². The highest BCUT2D eigenvalue weighted by molar-refractivity contribution is 7.90. The SMILES string of the molecule is NC1CCN(c2cn(S(=O)(=O)c3ccc4c(c3)OCC4)c3cccnc23)CC1. The molecule has 8 heteroatoms. The molecule has 0 unspecified atom stereocenters. The minimum absolute atomic E-state index is 0.202. The number of anilines is 1. The summed E-state index contributed by atoms with van der Waals surface area (Å²) < 4.78 is 33.8. The summed E-state index contributed by atoms with van der Waals surface area (Å²) in [6.45, 7) is 2.18. The topological polar surface area (TPSA) is 90.5 Å². The highest BCUT2D eigenvalue weighted by Crippen LogP contribution is 2.34. The third kappa shape index (κ3) is 2.75. The minimum atomic E-state index is -3.77. The highest BCUT2D eigenvalue weighted by Gasteiger charge is 2.27. The van der Waals surface area contributed by atoms with E-state index in [0.29, 0.717) is 23.4 Å². The lowest BCUT2D eigenvalue weighted by molar-refractivity contribution is 0.356. The average molecular weight is 398 g/mol. The zero-order valence-corrected chi connectivity index (χ0v) is 16.2. The summed E-state index contributed by atoms with van der Waals surface area (Å²) in [4.78, 5) is 6.88. The largest absolute Gasteiger partial charge is 0.493 e. The smallest absolute Gasteiger partial charge is 0.268 e. The van der Waals surface area contributed by atoms with Crippen molar-refractivity contribution in [1.82, 2.24) is 8.96 Å². The number of ether oxygens (including phenoxy) is 1. The van der Waals surface area contributed by atoms with Gasteiger partial charge in [-0.25, -0.2) is 12.4 Å². The standard InChI is InChI=1S/C20H22N4O3S/c21-15-5-9-23(10-6-15)18-13-24(17-2-1-8-22-20(17)18)28(25,26)16-4-3-14-7-11-27-19(14)12-16/h1-4,8,12-13,15H,5-7,9-11,21H2. The zero-order valence-electron chi connectivity index (χ0n) is 15.4. The van der Waals surface area contributed by atoms with Gasteiger partial charge in [-0.15, -0.1) is 0 Å². The van der Waals surface area contributed by atoms with E-state index in [2.05, 4.69) is 9.88 Å². The van der Waals surface area contributed by atoms with Gasteiger partial charge in [0.1, 0.15) is 11.3 Å². The molecule has 0 radical (unpaired) electrons. The molecule has 0 spiro atoms. The van der Waals surface area contributed by atoms with Crippen LogP contribution in [0.5, 0.6) is 5.75 Å². The van der Waals surface area contributed by atoms with Crippen LogP contribution in [0.4, 0.5) is 5.69 Å². The maximum Gasteiger partial charge on any atom is 0.268 e. The number of hydrogen-bond donors (Lipinski definition) is 1. The van der Waals surface area contributed by atoms with Gasteiger partial charge in [0, 0.05) is 44.0 Å². The van der Waals surface area contributed by atoms with Gasteiger partial charge in [-0.1, -0.05) is 6.07 Å². The molecule has 2 aromatic heterocycles. The van der Waals surface area contributed by atoms with Crippen LogP contribution >= 0.6 is 0 Å². The highest BCUT2D eigenvalue weighted by atomic mass is 32.2. The van der Waals surface area contributed by atoms with Gasteiger partial charge in [-0.3, -0.25) is 4.98 Å². The molecule has 0 atom stereocenters. The first-order valence-corrected chi connectivity index (χ1v) is 11.0. The number of fused-ring (bicyclic) bond motifs is 2. The number of benzene rings is 1. The van der Waals surface area contributed by atoms with Crippen LogP contribution in [0.25, 0.3) is 11.0 Å². The predicted octanol–water partition coefficient (Wildman–Crippen LogP) is 2.14. The summed E-state index contributed by atoms with van der Waals surface area (Å²) >= 11 is 0. The Morgan fingerprint density at radius 1 is 1.18 bits per heavy atom. The van der Waals surface area contributed by atoms with Crippen LogP contribution in [0.3, 0.4) is 0 Å². The molecule has 0 amide bonds. The number of piperidine rings is 1. The molecule has 2 N–H and O–H groups in total. The van der Waals surface area contributed by atoms with Crippen molar-refractivity contribution in [1.29, 1.82) is 0 Å². The normalized spacial score (nSPS) is 17.7. The second-order valence-corrected chi connectivity index (χ2v) is 9.19. The molecule has 1 saturated heterocycles. The summed E-state index contributed by atoms with van der Waals surface area (Å²) in [5.74, 6) is 0.654. The van der Waals surface area contributed by atoms with Crippen molar-refractivity contribution < 1.29 is 13.2 Å². The zero-order chi connectivity index (χ0) is 19.3. The maximum absolute atomic E-state index is 13.4. The van der Waals surface area contributed by atoms with E-state index < -0.39 is 10.0 Å². The maximum atomic E-state index is 13.4. The molecular formula is C20H22N4O3S. The fourth-order valence-electron chi connectivity index (χ4n) is 4.01. The van der Waals surface area contributed by atoms with Gasteiger partial charge in [0.25, 0.3) is 10.0 Å². The minimum Gasteiger partial charge on any atom is -0.493 e. The summed E-state index contributed by atoms with van der Waals surface area (Å²) in [5.41, 5.74) is 9.18. The number of rotatable bonds is 3. The Kier molecular flexibility index (Phi) is 4.06. The van der Waals surface area contributed by atoms with Gasteiger partial charge in [0.05, 0.1) is 22.7 Å². The Morgan fingerprint density at radius 3 is 2.82 bits per heavy atom. The van der Waals surface area contributed by atoms with Gasteiger partial charge in [-0.05, 0) is 36.6 Å². The summed E-state index contributed by atoms with van der Waals surface area (Å²) in [5, 5.41) is 0. The molecule has 7 nitrogen and oxygen atoms in total. The monoisotopic (exact) mass is 398 g/mol. The summed E-state index contributed by atoms with van der Waals surface area (Å²) in [6.07, 6.45) is 5.97. The van der Waals surface area contributed by atoms with Crippen LogP contribution in [0, 0.1) is 0 Å². The second-order valence-electron chi connectivity index (χ2n) is 7.38. The van der Waals surface area contributed by atoms with Crippen LogP contribution in [0.15, 0.2) is 47.6 Å². The Hall–Kier alpha value is -2.58. The second kappa shape index (κ2) is 6.49. The van der Waals surface area contributed by atoms with Gasteiger partial charge < -0.3 is 15.4 Å². The molecule has 0 aliphatic carbocycles. The van der Waals surface area contributed by atoms with Crippen LogP contribution in [-0.2, 0) is 16.4 Å². The molecule has 2 aliphatic heterocycles. The molecule has 5 rings (SSSR count). The molecule has 0 bridgehead atoms. The molecular weight excluding hydrogens is 376 g/mol.